The molecule has 0 fully saturated rings. The van der Waals surface area contributed by atoms with Gasteiger partial charge < -0.3 is 11.1 Å². The number of nitrogens with two attached hydrogens (primary N) is 1. The maximum Gasteiger partial charge on any atom is 0.248 e. The van der Waals surface area contributed by atoms with Crippen molar-refractivity contribution in [1.29, 1.82) is 0 Å². The van der Waals surface area contributed by atoms with E-state index in [1.165, 1.54) is 6.92 Å². The number of benzene rings is 1. The van der Waals surface area contributed by atoms with Gasteiger partial charge in [0.25, 0.3) is 0 Å². The molecule has 0 spiro atoms. The second-order valence-corrected chi connectivity index (χ2v) is 3.47. The number of carbonyl (C=O) groups is 1. The largest absolute Gasteiger partial charge is 0.324 e. The van der Waals surface area contributed by atoms with Crippen molar-refractivity contribution in [3.05, 3.63) is 29.3 Å². The molecule has 0 bridgehead atoms. The topological polar surface area (TPSA) is 55.1 Å². The summed E-state index contributed by atoms with van der Waals surface area (Å²) in [5, 5.41) is 2.39. The number of anilines is 1. The summed E-state index contributed by atoms with van der Waals surface area (Å²) in [6.07, 6.45) is 0. The number of amides is 1. The lowest BCUT2D eigenvalue weighted by atomic mass is 9.95. The van der Waals surface area contributed by atoms with Crippen LogP contribution in [-0.4, -0.2) is 5.91 Å². The van der Waals surface area contributed by atoms with E-state index in [0.717, 1.165) is 12.1 Å². The molecule has 2 rings (SSSR count). The van der Waals surface area contributed by atoms with E-state index in [-0.39, 0.29) is 11.3 Å². The van der Waals surface area contributed by atoms with Crippen molar-refractivity contribution >= 4 is 11.6 Å². The van der Waals surface area contributed by atoms with Gasteiger partial charge in [0.05, 0.1) is 0 Å². The minimum Gasteiger partial charge on any atom is -0.324 e. The summed E-state index contributed by atoms with van der Waals surface area (Å²) in [6.45, 7) is 1.45. The molecule has 1 aromatic carbocycles. The molecule has 1 unspecified atom stereocenters. The highest BCUT2D eigenvalue weighted by Crippen LogP contribution is 2.34. The average Bonchev–Trinajstić information content (AvgIpc) is 2.28. The number of fused-ring (bicyclic) bond motifs is 1. The van der Waals surface area contributed by atoms with Crippen molar-refractivity contribution < 1.29 is 13.6 Å². The van der Waals surface area contributed by atoms with Crippen LogP contribution < -0.4 is 11.1 Å². The molecule has 1 aromatic rings. The van der Waals surface area contributed by atoms with E-state index in [2.05, 4.69) is 5.32 Å². The summed E-state index contributed by atoms with van der Waals surface area (Å²) in [7, 11) is 0. The van der Waals surface area contributed by atoms with Gasteiger partial charge in [-0.2, -0.15) is 0 Å². The molecule has 1 atom stereocenters. The van der Waals surface area contributed by atoms with Gasteiger partial charge >= 0.3 is 0 Å². The third-order valence-electron chi connectivity index (χ3n) is 2.34. The molecule has 0 aliphatic carbocycles. The second-order valence-electron chi connectivity index (χ2n) is 3.47. The Morgan fingerprint density at radius 2 is 1.93 bits per heavy atom. The summed E-state index contributed by atoms with van der Waals surface area (Å²) in [5.41, 5.74) is 4.88. The smallest absolute Gasteiger partial charge is 0.248 e. The number of hydrogen-bond acceptors (Lipinski definition) is 2. The van der Waals surface area contributed by atoms with Gasteiger partial charge in [0.1, 0.15) is 5.54 Å². The maximum absolute atomic E-state index is 12.9. The van der Waals surface area contributed by atoms with Gasteiger partial charge in [-0.25, -0.2) is 8.78 Å². The summed E-state index contributed by atoms with van der Waals surface area (Å²) in [4.78, 5) is 11.3. The van der Waals surface area contributed by atoms with Crippen molar-refractivity contribution in [3.63, 3.8) is 0 Å². The Bertz CT molecular complexity index is 429. The first-order valence-electron chi connectivity index (χ1n) is 4.03. The monoisotopic (exact) mass is 198 g/mol. The minimum atomic E-state index is -1.29. The molecule has 1 aliphatic heterocycles. The molecule has 5 heteroatoms. The molecule has 3 N–H and O–H groups in total. The van der Waals surface area contributed by atoms with Gasteiger partial charge in [-0.15, -0.1) is 0 Å². The van der Waals surface area contributed by atoms with Crippen LogP contribution in [0.2, 0.25) is 0 Å². The van der Waals surface area contributed by atoms with E-state index in [4.69, 9.17) is 5.73 Å². The Morgan fingerprint density at radius 3 is 2.57 bits per heavy atom. The molecule has 0 saturated heterocycles. The summed E-state index contributed by atoms with van der Waals surface area (Å²) in [6, 6.07) is 1.88. The SMILES string of the molecule is CC1(N)C(=O)Nc2cc(F)c(F)cc21. The lowest BCUT2D eigenvalue weighted by molar-refractivity contribution is -0.120. The first kappa shape index (κ1) is 9.08. The number of nitrogens with one attached hydrogen (secondary N) is 1. The Kier molecular flexibility index (Phi) is 1.63. The van der Waals surface area contributed by atoms with Gasteiger partial charge in [0.2, 0.25) is 5.91 Å². The summed E-state index contributed by atoms with van der Waals surface area (Å²) < 4.78 is 25.7. The molecular weight excluding hydrogens is 190 g/mol. The predicted molar refractivity (Wildman–Crippen MR) is 46.5 cm³/mol. The zero-order valence-electron chi connectivity index (χ0n) is 7.40. The fraction of sp³-hybridized carbons (Fsp3) is 0.222. The highest BCUT2D eigenvalue weighted by molar-refractivity contribution is 6.05. The second kappa shape index (κ2) is 2.51. The van der Waals surface area contributed by atoms with Crippen LogP contribution in [0.3, 0.4) is 0 Å². The lowest BCUT2D eigenvalue weighted by Gasteiger charge is -2.14. The highest BCUT2D eigenvalue weighted by atomic mass is 19.2. The normalized spacial score (nSPS) is 24.7. The molecule has 74 valence electrons. The lowest BCUT2D eigenvalue weighted by Crippen LogP contribution is -2.40. The molecule has 0 aromatic heterocycles. The van der Waals surface area contributed by atoms with Crippen LogP contribution in [0.5, 0.6) is 0 Å². The number of carbonyl (C=O) groups excluding carboxylic acids is 1. The number of hydrogen-bond donors (Lipinski definition) is 2. The molecule has 0 radical (unpaired) electrons. The van der Waals surface area contributed by atoms with Gasteiger partial charge in [-0.1, -0.05) is 0 Å². The Labute approximate surface area is 78.9 Å². The molecule has 3 nitrogen and oxygen atoms in total. The van der Waals surface area contributed by atoms with Gasteiger partial charge in [-0.05, 0) is 13.0 Å². The quantitative estimate of drug-likeness (QED) is 0.655. The maximum atomic E-state index is 12.9. The van der Waals surface area contributed by atoms with Crippen molar-refractivity contribution in [1.82, 2.24) is 0 Å². The molecule has 14 heavy (non-hydrogen) atoms. The van der Waals surface area contributed by atoms with E-state index in [1.807, 2.05) is 0 Å². The van der Waals surface area contributed by atoms with Crippen molar-refractivity contribution in [3.8, 4) is 0 Å². The molecule has 1 aliphatic rings. The first-order chi connectivity index (χ1) is 6.43. The summed E-state index contributed by atoms with van der Waals surface area (Å²) >= 11 is 0. The fourth-order valence-corrected chi connectivity index (χ4v) is 1.45. The van der Waals surface area contributed by atoms with Crippen LogP contribution in [0.1, 0.15) is 12.5 Å². The molecule has 1 heterocycles. The van der Waals surface area contributed by atoms with Gasteiger partial charge in [0, 0.05) is 17.3 Å². The van der Waals surface area contributed by atoms with Crippen LogP contribution >= 0.6 is 0 Å². The van der Waals surface area contributed by atoms with Crippen molar-refractivity contribution in [2.24, 2.45) is 5.73 Å². The third-order valence-corrected chi connectivity index (χ3v) is 2.34. The van der Waals surface area contributed by atoms with E-state index < -0.39 is 23.1 Å². The van der Waals surface area contributed by atoms with E-state index in [9.17, 15) is 13.6 Å². The van der Waals surface area contributed by atoms with Crippen LogP contribution in [0.4, 0.5) is 14.5 Å². The van der Waals surface area contributed by atoms with Gasteiger partial charge in [-0.3, -0.25) is 4.79 Å². The van der Waals surface area contributed by atoms with Crippen LogP contribution in [0, 0.1) is 11.6 Å². The fourth-order valence-electron chi connectivity index (χ4n) is 1.45. The number of rotatable bonds is 0. The molecular formula is C9H8F2N2O. The van der Waals surface area contributed by atoms with Crippen LogP contribution in [0.15, 0.2) is 12.1 Å². The highest BCUT2D eigenvalue weighted by Gasteiger charge is 2.39. The first-order valence-corrected chi connectivity index (χ1v) is 4.03. The average molecular weight is 198 g/mol. The zero-order chi connectivity index (χ0) is 10.5. The van der Waals surface area contributed by atoms with Crippen molar-refractivity contribution in [2.45, 2.75) is 12.5 Å². The Balaban J connectivity index is 2.67. The predicted octanol–water partition coefficient (Wildman–Crippen LogP) is 1.09. The van der Waals surface area contributed by atoms with Crippen molar-refractivity contribution in [2.75, 3.05) is 5.32 Å². The van der Waals surface area contributed by atoms with Gasteiger partial charge in [0.15, 0.2) is 11.6 Å². The summed E-state index contributed by atoms with van der Waals surface area (Å²) in [5.74, 6) is -2.46. The van der Waals surface area contributed by atoms with Crippen LogP contribution in [0.25, 0.3) is 0 Å². The standard InChI is InChI=1S/C9H8F2N2O/c1-9(12)4-2-5(10)6(11)3-7(4)13-8(9)14/h2-3H,12H2,1H3,(H,13,14). The number of halogens is 2. The minimum absolute atomic E-state index is 0.235. The third kappa shape index (κ3) is 1.02. The molecule has 0 saturated carbocycles. The van der Waals surface area contributed by atoms with E-state index in [0.29, 0.717) is 0 Å². The zero-order valence-corrected chi connectivity index (χ0v) is 7.40. The Hall–Kier alpha value is -1.49. The Morgan fingerprint density at radius 1 is 1.36 bits per heavy atom. The molecule has 1 amide bonds. The van der Waals surface area contributed by atoms with Crippen LogP contribution in [-0.2, 0) is 10.3 Å². The van der Waals surface area contributed by atoms with E-state index >= 15 is 0 Å². The van der Waals surface area contributed by atoms with E-state index in [1.54, 1.807) is 0 Å².